The van der Waals surface area contributed by atoms with Crippen molar-refractivity contribution in [1.82, 2.24) is 14.9 Å². The van der Waals surface area contributed by atoms with Gasteiger partial charge < -0.3 is 10.2 Å². The van der Waals surface area contributed by atoms with Crippen LogP contribution in [0.1, 0.15) is 48.0 Å². The van der Waals surface area contributed by atoms with Crippen molar-refractivity contribution in [3.8, 4) is 0 Å². The molecule has 7 heteroatoms. The lowest BCUT2D eigenvalue weighted by Crippen LogP contribution is -2.72. The molecule has 0 aliphatic carbocycles. The number of likely N-dealkylation sites (tertiary alicyclic amines) is 1. The van der Waals surface area contributed by atoms with Crippen molar-refractivity contribution >= 4 is 16.0 Å². The van der Waals surface area contributed by atoms with Gasteiger partial charge >= 0.3 is 0 Å². The summed E-state index contributed by atoms with van der Waals surface area (Å²) in [4.78, 5) is 6.94. The van der Waals surface area contributed by atoms with Gasteiger partial charge in [0.15, 0.2) is 5.96 Å². The molecule has 6 nitrogen and oxygen atoms in total. The quantitative estimate of drug-likeness (QED) is 0.420. The average molecular weight is 333 g/mol. The second kappa shape index (κ2) is 7.17. The number of aliphatic imine (C=N–C) groups is 1. The smallest absolute Gasteiger partial charge is 0.211 e. The molecule has 0 atom stereocenters. The van der Waals surface area contributed by atoms with Crippen molar-refractivity contribution in [3.63, 3.8) is 0 Å². The van der Waals surface area contributed by atoms with E-state index in [-0.39, 0.29) is 16.7 Å². The fraction of sp³-hybridized carbons (Fsp3) is 0.933. The number of sulfonamides is 1. The number of hydrogen-bond donors (Lipinski definition) is 2. The van der Waals surface area contributed by atoms with Gasteiger partial charge in [-0.25, -0.2) is 13.1 Å². The summed E-state index contributed by atoms with van der Waals surface area (Å²) in [6.45, 7) is 15.6. The molecule has 22 heavy (non-hydrogen) atoms. The van der Waals surface area contributed by atoms with Crippen molar-refractivity contribution in [1.29, 1.82) is 0 Å². The van der Waals surface area contributed by atoms with Gasteiger partial charge in [-0.05, 0) is 34.1 Å². The Kier molecular flexibility index (Phi) is 6.27. The molecule has 0 aromatic heterocycles. The summed E-state index contributed by atoms with van der Waals surface area (Å²) >= 11 is 0. The van der Waals surface area contributed by atoms with Gasteiger partial charge in [0.05, 0.1) is 5.75 Å². The van der Waals surface area contributed by atoms with Crippen LogP contribution in [-0.2, 0) is 10.0 Å². The van der Waals surface area contributed by atoms with E-state index < -0.39 is 10.0 Å². The SMILES string of the molecule is CCNC(=NCCCNS(=O)(=O)CC)N1CC(C)(C)C1(C)C. The van der Waals surface area contributed by atoms with E-state index in [4.69, 9.17) is 0 Å². The first-order valence-corrected chi connectivity index (χ1v) is 9.76. The first-order valence-electron chi connectivity index (χ1n) is 8.10. The molecule has 130 valence electrons. The van der Waals surface area contributed by atoms with E-state index in [0.29, 0.717) is 19.5 Å². The normalized spacial score (nSPS) is 20.6. The highest BCUT2D eigenvalue weighted by atomic mass is 32.2. The van der Waals surface area contributed by atoms with Crippen LogP contribution >= 0.6 is 0 Å². The highest BCUT2D eigenvalue weighted by Gasteiger charge is 2.53. The van der Waals surface area contributed by atoms with Crippen LogP contribution in [0.3, 0.4) is 0 Å². The fourth-order valence-corrected chi connectivity index (χ4v) is 3.05. The molecule has 1 saturated heterocycles. The maximum Gasteiger partial charge on any atom is 0.211 e. The number of hydrogen-bond acceptors (Lipinski definition) is 3. The van der Waals surface area contributed by atoms with Crippen LogP contribution in [0.15, 0.2) is 4.99 Å². The minimum atomic E-state index is -3.10. The highest BCUT2D eigenvalue weighted by Crippen LogP contribution is 2.46. The topological polar surface area (TPSA) is 73.8 Å². The van der Waals surface area contributed by atoms with Crippen LogP contribution in [-0.4, -0.2) is 56.7 Å². The summed E-state index contributed by atoms with van der Waals surface area (Å²) in [6.07, 6.45) is 0.700. The molecular weight excluding hydrogens is 300 g/mol. The van der Waals surface area contributed by atoms with Crippen LogP contribution in [0.25, 0.3) is 0 Å². The molecule has 1 aliphatic heterocycles. The van der Waals surface area contributed by atoms with E-state index in [2.05, 4.69) is 54.5 Å². The minimum absolute atomic E-state index is 0.0673. The first kappa shape index (κ1) is 19.2. The Morgan fingerprint density at radius 3 is 2.32 bits per heavy atom. The summed E-state index contributed by atoms with van der Waals surface area (Å²) < 4.78 is 25.3. The van der Waals surface area contributed by atoms with Crippen molar-refractivity contribution in [2.45, 2.75) is 53.5 Å². The molecule has 1 fully saturated rings. The van der Waals surface area contributed by atoms with Gasteiger partial charge in [-0.2, -0.15) is 0 Å². The molecule has 0 aromatic carbocycles. The summed E-state index contributed by atoms with van der Waals surface area (Å²) in [5.74, 6) is 1.04. The molecule has 1 rings (SSSR count). The maximum absolute atomic E-state index is 11.4. The third-order valence-electron chi connectivity index (χ3n) is 4.77. The largest absolute Gasteiger partial charge is 0.356 e. The third kappa shape index (κ3) is 4.35. The molecule has 0 unspecified atom stereocenters. The molecule has 1 heterocycles. The summed E-state index contributed by atoms with van der Waals surface area (Å²) in [7, 11) is -3.10. The van der Waals surface area contributed by atoms with Gasteiger partial charge in [0.25, 0.3) is 0 Å². The number of guanidine groups is 1. The van der Waals surface area contributed by atoms with Crippen molar-refractivity contribution < 1.29 is 8.42 Å². The van der Waals surface area contributed by atoms with E-state index in [1.165, 1.54) is 0 Å². The molecule has 0 saturated carbocycles. The molecule has 0 bridgehead atoms. The van der Waals surface area contributed by atoms with Gasteiger partial charge in [-0.15, -0.1) is 0 Å². The lowest BCUT2D eigenvalue weighted by atomic mass is 9.65. The van der Waals surface area contributed by atoms with Crippen LogP contribution in [0.2, 0.25) is 0 Å². The lowest BCUT2D eigenvalue weighted by molar-refractivity contribution is -0.0667. The zero-order valence-corrected chi connectivity index (χ0v) is 15.7. The van der Waals surface area contributed by atoms with E-state index in [0.717, 1.165) is 19.0 Å². The van der Waals surface area contributed by atoms with E-state index in [1.54, 1.807) is 6.92 Å². The van der Waals surface area contributed by atoms with E-state index >= 15 is 0 Å². The minimum Gasteiger partial charge on any atom is -0.356 e. The molecule has 0 spiro atoms. The van der Waals surface area contributed by atoms with Crippen molar-refractivity contribution in [3.05, 3.63) is 0 Å². The van der Waals surface area contributed by atoms with Gasteiger partial charge in [0.2, 0.25) is 10.0 Å². The van der Waals surface area contributed by atoms with Gasteiger partial charge in [0.1, 0.15) is 0 Å². The van der Waals surface area contributed by atoms with Gasteiger partial charge in [-0.3, -0.25) is 4.99 Å². The number of nitrogens with zero attached hydrogens (tertiary/aromatic N) is 2. The Hall–Kier alpha value is -0.820. The lowest BCUT2D eigenvalue weighted by Gasteiger charge is -2.62. The van der Waals surface area contributed by atoms with E-state index in [1.807, 2.05) is 0 Å². The average Bonchev–Trinajstić information content (AvgIpc) is 2.43. The molecule has 0 amide bonds. The van der Waals surface area contributed by atoms with Crippen LogP contribution < -0.4 is 10.0 Å². The first-order chi connectivity index (χ1) is 10.1. The van der Waals surface area contributed by atoms with Gasteiger partial charge in [0, 0.05) is 37.1 Å². The van der Waals surface area contributed by atoms with E-state index in [9.17, 15) is 8.42 Å². The molecular formula is C15H32N4O2S. The second-order valence-corrected chi connectivity index (χ2v) is 9.01. The molecule has 1 aliphatic rings. The monoisotopic (exact) mass is 332 g/mol. The predicted molar refractivity (Wildman–Crippen MR) is 92.6 cm³/mol. The molecule has 2 N–H and O–H groups in total. The van der Waals surface area contributed by atoms with Crippen LogP contribution in [0, 0.1) is 5.41 Å². The third-order valence-corrected chi connectivity index (χ3v) is 6.18. The standard InChI is InChI=1S/C15H32N4O2S/c1-7-16-13(19-12-14(3,4)15(19,5)6)17-10-9-11-18-22(20,21)8-2/h18H,7-12H2,1-6H3,(H,16,17). The predicted octanol–water partition coefficient (Wildman–Crippen LogP) is 1.40. The Bertz CT molecular complexity index is 498. The Morgan fingerprint density at radius 1 is 1.23 bits per heavy atom. The van der Waals surface area contributed by atoms with Gasteiger partial charge in [-0.1, -0.05) is 13.8 Å². The molecule has 0 aromatic rings. The summed E-state index contributed by atoms with van der Waals surface area (Å²) in [5, 5.41) is 3.33. The zero-order chi connectivity index (χ0) is 17.0. The van der Waals surface area contributed by atoms with Crippen LogP contribution in [0.5, 0.6) is 0 Å². The Morgan fingerprint density at radius 2 is 1.86 bits per heavy atom. The Labute approximate surface area is 135 Å². The number of rotatable bonds is 7. The number of nitrogens with one attached hydrogen (secondary N) is 2. The summed E-state index contributed by atoms with van der Waals surface area (Å²) in [6, 6.07) is 0. The van der Waals surface area contributed by atoms with Crippen LogP contribution in [0.4, 0.5) is 0 Å². The highest BCUT2D eigenvalue weighted by molar-refractivity contribution is 7.89. The van der Waals surface area contributed by atoms with Crippen molar-refractivity contribution in [2.24, 2.45) is 10.4 Å². The molecule has 0 radical (unpaired) electrons. The fourth-order valence-electron chi connectivity index (χ4n) is 2.39. The zero-order valence-electron chi connectivity index (χ0n) is 14.9. The van der Waals surface area contributed by atoms with Crippen molar-refractivity contribution in [2.75, 3.05) is 31.9 Å². The maximum atomic E-state index is 11.4. The second-order valence-electron chi connectivity index (χ2n) is 6.92. The Balaban J connectivity index is 2.54. The summed E-state index contributed by atoms with van der Waals surface area (Å²) in [5.41, 5.74) is 0.331.